The van der Waals surface area contributed by atoms with Crippen LogP contribution in [0.4, 0.5) is 0 Å². The third-order valence-electron chi connectivity index (χ3n) is 8.13. The van der Waals surface area contributed by atoms with Crippen molar-refractivity contribution in [3.63, 3.8) is 0 Å². The van der Waals surface area contributed by atoms with Gasteiger partial charge >= 0.3 is 0 Å². The quantitative estimate of drug-likeness (QED) is 0.119. The molecule has 0 fully saturated rings. The first-order valence-corrected chi connectivity index (χ1v) is 15.7. The maximum atomic E-state index is 13.8. The molecule has 0 saturated carbocycles. The second kappa shape index (κ2) is 10.2. The number of aromatic nitrogens is 2. The van der Waals surface area contributed by atoms with Gasteiger partial charge in [-0.25, -0.2) is 16.8 Å². The predicted molar refractivity (Wildman–Crippen MR) is 174 cm³/mol. The topological polar surface area (TPSA) is 287 Å². The number of fused-ring (bicyclic) bond motifs is 8. The number of H-pyrrole nitrogens is 2. The molecule has 46 heavy (non-hydrogen) atoms. The zero-order valence-corrected chi connectivity index (χ0v) is 26.2. The van der Waals surface area contributed by atoms with E-state index in [4.69, 9.17) is 0 Å². The van der Waals surface area contributed by atoms with E-state index in [1.807, 2.05) is 0 Å². The summed E-state index contributed by atoms with van der Waals surface area (Å²) in [4.78, 5) is 58.8. The van der Waals surface area contributed by atoms with Crippen molar-refractivity contribution in [1.82, 2.24) is 22.3 Å². The van der Waals surface area contributed by atoms with Crippen molar-refractivity contribution >= 4 is 85.4 Å². The molecule has 0 amide bonds. The van der Waals surface area contributed by atoms with E-state index in [-0.39, 0.29) is 67.0 Å². The normalized spacial score (nSPS) is 12.3. The zero-order valence-electron chi connectivity index (χ0n) is 24.5. The maximum Gasteiger partial charge on any atom is 0.196 e. The summed E-state index contributed by atoms with van der Waals surface area (Å²) in [6.45, 7) is 2.44. The van der Waals surface area contributed by atoms with Crippen LogP contribution in [-0.2, 0) is 20.2 Å². The molecule has 0 aliphatic carbocycles. The molecule has 1 aromatic heterocycles. The lowest BCUT2D eigenvalue weighted by Gasteiger charge is -2.20. The Hall–Kier alpha value is -5.10. The Kier molecular flexibility index (Phi) is 7.17. The summed E-state index contributed by atoms with van der Waals surface area (Å²) in [5.41, 5.74) is -4.66. The Morgan fingerprint density at radius 3 is 1.00 bits per heavy atom. The molecular formula is C30H24N4O10S2. The van der Waals surface area contributed by atoms with Crippen molar-refractivity contribution in [2.45, 2.75) is 23.6 Å². The third kappa shape index (κ3) is 4.09. The Bertz CT molecular complexity index is 2790. The molecule has 6 aromatic carbocycles. The molecule has 0 spiro atoms. The molecule has 14 nitrogen and oxygen atoms in total. The van der Waals surface area contributed by atoms with Gasteiger partial charge in [-0.15, -0.1) is 0 Å². The first kappa shape index (κ1) is 32.3. The SMILES string of the molecule is Cc1c(S(=O)(=O)[O-])c2c(=O)c3ccccc3c(=O)c2c2[nH]c3c(C)c(S(=O)(=O)[O-])c4c(=O)c5ccccc5c(=O)c4c3[nH]c12.[NH4+].[NH4+]. The molecule has 7 aromatic rings. The highest BCUT2D eigenvalue weighted by molar-refractivity contribution is 7.86. The van der Waals surface area contributed by atoms with Crippen molar-refractivity contribution in [3.8, 4) is 0 Å². The number of rotatable bonds is 2. The van der Waals surface area contributed by atoms with Gasteiger partial charge in [0.05, 0.1) is 53.4 Å². The van der Waals surface area contributed by atoms with Crippen molar-refractivity contribution in [3.05, 3.63) is 101 Å². The van der Waals surface area contributed by atoms with E-state index < -0.39 is 73.3 Å². The zero-order chi connectivity index (χ0) is 31.6. The minimum atomic E-state index is -5.39. The van der Waals surface area contributed by atoms with Gasteiger partial charge in [-0.2, -0.15) is 0 Å². The summed E-state index contributed by atoms with van der Waals surface area (Å²) in [5, 5.41) is -2.65. The fourth-order valence-corrected chi connectivity index (χ4v) is 8.17. The summed E-state index contributed by atoms with van der Waals surface area (Å²) >= 11 is 0. The Morgan fingerprint density at radius 2 is 0.739 bits per heavy atom. The van der Waals surface area contributed by atoms with Crippen LogP contribution in [0.1, 0.15) is 11.1 Å². The number of nitrogens with one attached hydrogen (secondary N) is 2. The van der Waals surface area contributed by atoms with Gasteiger partial charge in [0, 0.05) is 21.5 Å². The van der Waals surface area contributed by atoms with Crippen LogP contribution in [-0.4, -0.2) is 35.9 Å². The smallest absolute Gasteiger partial charge is 0.196 e. The van der Waals surface area contributed by atoms with Crippen molar-refractivity contribution in [2.24, 2.45) is 0 Å². The highest BCUT2D eigenvalue weighted by atomic mass is 32.2. The standard InChI is InChI=1S/C30H18N2O10S2.2H3N/c1-11-21-23(17-19(29(11)43(37,38)39)27(35)15-9-5-3-7-13(15)25(17)33)32-22-12(2)30(44(40,41)42)20-18(24(22)31-21)26(34)14-8-4-6-10-16(14)28(20)36;;/h3-10,31-32H,1-2H3,(H,37,38,39)(H,40,41,42);2*1H3. The summed E-state index contributed by atoms with van der Waals surface area (Å²) in [6, 6.07) is 11.3. The minimum absolute atomic E-state index is 0. The van der Waals surface area contributed by atoms with Crippen LogP contribution < -0.4 is 34.0 Å². The predicted octanol–water partition coefficient (Wildman–Crippen LogP) is 3.32. The van der Waals surface area contributed by atoms with Gasteiger partial charge in [-0.1, -0.05) is 48.5 Å². The molecule has 0 unspecified atom stereocenters. The summed E-state index contributed by atoms with van der Waals surface area (Å²) in [7, 11) is -10.8. The maximum absolute atomic E-state index is 13.8. The van der Waals surface area contributed by atoms with Crippen LogP contribution >= 0.6 is 0 Å². The Labute approximate surface area is 257 Å². The van der Waals surface area contributed by atoms with Crippen LogP contribution in [0.25, 0.3) is 65.2 Å². The molecule has 236 valence electrons. The second-order valence-electron chi connectivity index (χ2n) is 10.5. The van der Waals surface area contributed by atoms with Crippen LogP contribution in [0.2, 0.25) is 0 Å². The molecule has 0 radical (unpaired) electrons. The van der Waals surface area contributed by atoms with Crippen molar-refractivity contribution in [2.75, 3.05) is 0 Å². The van der Waals surface area contributed by atoms with E-state index >= 15 is 0 Å². The van der Waals surface area contributed by atoms with Gasteiger partial charge in [-0.3, -0.25) is 19.2 Å². The van der Waals surface area contributed by atoms with Gasteiger partial charge < -0.3 is 31.4 Å². The molecule has 0 bridgehead atoms. The molecule has 0 atom stereocenters. The molecule has 10 N–H and O–H groups in total. The average Bonchev–Trinajstić information content (AvgIpc) is 2.96. The van der Waals surface area contributed by atoms with Gasteiger partial charge in [0.2, 0.25) is 0 Å². The Balaban J connectivity index is 0.00000208. The second-order valence-corrected chi connectivity index (χ2v) is 13.1. The average molecular weight is 665 g/mol. The number of hydrogen-bond donors (Lipinski definition) is 4. The largest absolute Gasteiger partial charge is 0.744 e. The van der Waals surface area contributed by atoms with Gasteiger partial charge in [0.1, 0.15) is 20.2 Å². The fraction of sp³-hybridized carbons (Fsp3) is 0.0667. The van der Waals surface area contributed by atoms with Gasteiger partial charge in [0.15, 0.2) is 21.7 Å². The highest BCUT2D eigenvalue weighted by Crippen LogP contribution is 2.36. The van der Waals surface area contributed by atoms with E-state index in [1.165, 1.54) is 62.4 Å². The minimum Gasteiger partial charge on any atom is -0.744 e. The van der Waals surface area contributed by atoms with E-state index in [1.54, 1.807) is 0 Å². The van der Waals surface area contributed by atoms with Crippen molar-refractivity contribution < 1.29 is 25.9 Å². The van der Waals surface area contributed by atoms with Crippen LogP contribution in [0.3, 0.4) is 0 Å². The first-order valence-electron chi connectivity index (χ1n) is 12.9. The molecular weight excluding hydrogens is 640 g/mol. The van der Waals surface area contributed by atoms with E-state index in [2.05, 4.69) is 9.97 Å². The number of benzene rings is 6. The lowest BCUT2D eigenvalue weighted by Crippen LogP contribution is -2.20. The molecule has 1 heterocycles. The molecule has 0 aliphatic rings. The van der Waals surface area contributed by atoms with Crippen LogP contribution in [0.15, 0.2) is 77.5 Å². The molecule has 0 aliphatic heterocycles. The van der Waals surface area contributed by atoms with E-state index in [0.717, 1.165) is 0 Å². The van der Waals surface area contributed by atoms with Gasteiger partial charge in [-0.05, 0) is 25.0 Å². The Morgan fingerprint density at radius 1 is 0.478 bits per heavy atom. The van der Waals surface area contributed by atoms with E-state index in [9.17, 15) is 45.1 Å². The van der Waals surface area contributed by atoms with Crippen molar-refractivity contribution in [1.29, 1.82) is 0 Å². The number of quaternary nitrogens is 2. The fourth-order valence-electron chi connectivity index (χ4n) is 6.33. The number of hydrogen-bond acceptors (Lipinski definition) is 10. The van der Waals surface area contributed by atoms with Crippen LogP contribution in [0, 0.1) is 13.8 Å². The summed E-state index contributed by atoms with van der Waals surface area (Å²) in [5.74, 6) is 0. The first-order chi connectivity index (χ1) is 20.6. The number of aromatic amines is 2. The molecule has 7 rings (SSSR count). The molecule has 0 saturated heterocycles. The van der Waals surface area contributed by atoms with E-state index in [0.29, 0.717) is 0 Å². The monoisotopic (exact) mass is 664 g/mol. The molecule has 16 heteroatoms. The number of aryl methyl sites for hydroxylation is 2. The summed E-state index contributed by atoms with van der Waals surface area (Å²) in [6.07, 6.45) is 0. The highest BCUT2D eigenvalue weighted by Gasteiger charge is 2.27. The third-order valence-corrected chi connectivity index (χ3v) is 10.1. The lowest BCUT2D eigenvalue weighted by atomic mass is 9.96. The lowest BCUT2D eigenvalue weighted by molar-refractivity contribution is 0.461. The summed E-state index contributed by atoms with van der Waals surface area (Å²) < 4.78 is 75.8. The van der Waals surface area contributed by atoms with Gasteiger partial charge in [0.25, 0.3) is 0 Å². The van der Waals surface area contributed by atoms with Crippen LogP contribution in [0.5, 0.6) is 0 Å².